The molecule has 0 bridgehead atoms. The van der Waals surface area contributed by atoms with Gasteiger partial charge in [0.1, 0.15) is 5.76 Å². The third-order valence-electron chi connectivity index (χ3n) is 3.43. The summed E-state index contributed by atoms with van der Waals surface area (Å²) in [4.78, 5) is 0. The Kier molecular flexibility index (Phi) is 3.79. The molecule has 0 N–H and O–H groups in total. The van der Waals surface area contributed by atoms with E-state index in [0.29, 0.717) is 12.2 Å². The van der Waals surface area contributed by atoms with Crippen molar-refractivity contribution in [3.63, 3.8) is 0 Å². The number of hydrazone groups is 1. The van der Waals surface area contributed by atoms with E-state index in [1.807, 2.05) is 30.3 Å². The van der Waals surface area contributed by atoms with Crippen LogP contribution >= 0.6 is 0 Å². The molecule has 1 saturated heterocycles. The van der Waals surface area contributed by atoms with Crippen LogP contribution in [0.3, 0.4) is 0 Å². The van der Waals surface area contributed by atoms with Crippen molar-refractivity contribution in [2.24, 2.45) is 5.10 Å². The summed E-state index contributed by atoms with van der Waals surface area (Å²) in [6.45, 7) is 0. The molecule has 1 aliphatic rings. The van der Waals surface area contributed by atoms with E-state index >= 15 is 0 Å². The molecule has 2 aromatic rings. The number of benzene rings is 1. The highest BCUT2D eigenvalue weighted by Gasteiger charge is 2.32. The van der Waals surface area contributed by atoms with Gasteiger partial charge in [-0.3, -0.25) is 5.01 Å². The van der Waals surface area contributed by atoms with Crippen molar-refractivity contribution in [3.8, 4) is 0 Å². The van der Waals surface area contributed by atoms with Crippen LogP contribution in [0, 0.1) is 0 Å². The smallest absolute Gasteiger partial charge is 0.152 e. The summed E-state index contributed by atoms with van der Waals surface area (Å²) < 4.78 is 28.7. The Morgan fingerprint density at radius 3 is 2.62 bits per heavy atom. The van der Waals surface area contributed by atoms with Crippen LogP contribution in [-0.4, -0.2) is 32.2 Å². The molecule has 1 aromatic carbocycles. The lowest BCUT2D eigenvalue weighted by Crippen LogP contribution is -2.31. The zero-order valence-corrected chi connectivity index (χ0v) is 12.2. The van der Waals surface area contributed by atoms with Gasteiger partial charge in [0.05, 0.1) is 35.7 Å². The summed E-state index contributed by atoms with van der Waals surface area (Å²) >= 11 is 0. The first-order valence-electron chi connectivity index (χ1n) is 6.76. The normalized spacial score (nSPS) is 20.9. The molecule has 3 rings (SSSR count). The Labute approximate surface area is 123 Å². The molecule has 5 nitrogen and oxygen atoms in total. The van der Waals surface area contributed by atoms with Crippen LogP contribution in [0.4, 0.5) is 5.69 Å². The van der Waals surface area contributed by atoms with Crippen molar-refractivity contribution in [1.29, 1.82) is 0 Å². The molecular weight excluding hydrogens is 288 g/mol. The minimum atomic E-state index is -2.96. The topological polar surface area (TPSA) is 62.9 Å². The Hall–Kier alpha value is -2.08. The SMILES string of the molecule is O=S1(=O)CCC(N(/N=C\c2ccco2)c2ccccc2)C1. The van der Waals surface area contributed by atoms with Gasteiger partial charge in [0, 0.05) is 0 Å². The number of furan rings is 1. The van der Waals surface area contributed by atoms with Crippen LogP contribution in [0.1, 0.15) is 12.2 Å². The van der Waals surface area contributed by atoms with Crippen molar-refractivity contribution in [3.05, 3.63) is 54.5 Å². The van der Waals surface area contributed by atoms with Crippen LogP contribution in [0.15, 0.2) is 58.2 Å². The lowest BCUT2D eigenvalue weighted by Gasteiger charge is -2.24. The fourth-order valence-electron chi connectivity index (χ4n) is 2.40. The van der Waals surface area contributed by atoms with Gasteiger partial charge in [-0.25, -0.2) is 8.42 Å². The Morgan fingerprint density at radius 2 is 2.00 bits per heavy atom. The number of hydrogen-bond donors (Lipinski definition) is 0. The highest BCUT2D eigenvalue weighted by molar-refractivity contribution is 7.91. The lowest BCUT2D eigenvalue weighted by atomic mass is 10.2. The molecule has 1 atom stereocenters. The number of para-hydroxylation sites is 1. The Balaban J connectivity index is 1.88. The number of hydrogen-bond acceptors (Lipinski definition) is 5. The maximum absolute atomic E-state index is 11.7. The maximum atomic E-state index is 11.7. The highest BCUT2D eigenvalue weighted by atomic mass is 32.2. The van der Waals surface area contributed by atoms with E-state index in [1.165, 1.54) is 0 Å². The number of sulfone groups is 1. The molecule has 1 aromatic heterocycles. The summed E-state index contributed by atoms with van der Waals surface area (Å²) in [5.41, 5.74) is 0.877. The highest BCUT2D eigenvalue weighted by Crippen LogP contribution is 2.24. The van der Waals surface area contributed by atoms with Crippen LogP contribution in [0.25, 0.3) is 0 Å². The maximum Gasteiger partial charge on any atom is 0.152 e. The molecule has 0 radical (unpaired) electrons. The van der Waals surface area contributed by atoms with Crippen molar-refractivity contribution in [1.82, 2.24) is 0 Å². The standard InChI is InChI=1S/C15H16N2O3S/c18-21(19)10-8-14(12-21)17(13-5-2-1-3-6-13)16-11-15-7-4-9-20-15/h1-7,9,11,14H,8,10,12H2/b16-11-. The Morgan fingerprint density at radius 1 is 1.19 bits per heavy atom. The Bertz CT molecular complexity index is 709. The fraction of sp³-hybridized carbons (Fsp3) is 0.267. The molecule has 0 amide bonds. The fourth-order valence-corrected chi connectivity index (χ4v) is 4.10. The van der Waals surface area contributed by atoms with Gasteiger partial charge in [-0.15, -0.1) is 0 Å². The van der Waals surface area contributed by atoms with Gasteiger partial charge in [0.15, 0.2) is 9.84 Å². The summed E-state index contributed by atoms with van der Waals surface area (Å²) in [7, 11) is -2.96. The molecule has 1 fully saturated rings. The van der Waals surface area contributed by atoms with Gasteiger partial charge >= 0.3 is 0 Å². The van der Waals surface area contributed by atoms with E-state index in [1.54, 1.807) is 29.6 Å². The summed E-state index contributed by atoms with van der Waals surface area (Å²) in [5.74, 6) is 0.992. The molecule has 2 heterocycles. The molecule has 6 heteroatoms. The third kappa shape index (κ3) is 3.33. The first-order chi connectivity index (χ1) is 10.1. The van der Waals surface area contributed by atoms with E-state index in [2.05, 4.69) is 5.10 Å². The predicted molar refractivity (Wildman–Crippen MR) is 82.3 cm³/mol. The van der Waals surface area contributed by atoms with Gasteiger partial charge < -0.3 is 4.42 Å². The summed E-state index contributed by atoms with van der Waals surface area (Å²) in [6, 6.07) is 13.0. The summed E-state index contributed by atoms with van der Waals surface area (Å²) in [6.07, 6.45) is 3.78. The molecule has 1 aliphatic heterocycles. The van der Waals surface area contributed by atoms with Crippen molar-refractivity contribution < 1.29 is 12.8 Å². The van der Waals surface area contributed by atoms with Crippen molar-refractivity contribution in [2.75, 3.05) is 16.5 Å². The van der Waals surface area contributed by atoms with E-state index in [9.17, 15) is 8.42 Å². The van der Waals surface area contributed by atoms with E-state index in [0.717, 1.165) is 5.69 Å². The largest absolute Gasteiger partial charge is 0.463 e. The van der Waals surface area contributed by atoms with Crippen LogP contribution in [-0.2, 0) is 9.84 Å². The number of nitrogens with zero attached hydrogens (tertiary/aromatic N) is 2. The van der Waals surface area contributed by atoms with Crippen LogP contribution < -0.4 is 5.01 Å². The van der Waals surface area contributed by atoms with Gasteiger partial charge in [0.25, 0.3) is 0 Å². The third-order valence-corrected chi connectivity index (χ3v) is 5.18. The molecule has 0 saturated carbocycles. The molecular formula is C15H16N2O3S. The predicted octanol–water partition coefficient (Wildman–Crippen LogP) is 2.31. The van der Waals surface area contributed by atoms with E-state index in [-0.39, 0.29) is 17.5 Å². The average Bonchev–Trinajstić information content (AvgIpc) is 3.10. The molecule has 0 aliphatic carbocycles. The number of rotatable bonds is 4. The quantitative estimate of drug-likeness (QED) is 0.642. The number of anilines is 1. The lowest BCUT2D eigenvalue weighted by molar-refractivity contribution is 0.559. The average molecular weight is 304 g/mol. The summed E-state index contributed by atoms with van der Waals surface area (Å²) in [5, 5.41) is 6.21. The molecule has 1 unspecified atom stereocenters. The molecule has 21 heavy (non-hydrogen) atoms. The van der Waals surface area contributed by atoms with Crippen LogP contribution in [0.2, 0.25) is 0 Å². The van der Waals surface area contributed by atoms with Gasteiger partial charge in [-0.1, -0.05) is 18.2 Å². The van der Waals surface area contributed by atoms with E-state index < -0.39 is 9.84 Å². The second-order valence-electron chi connectivity index (χ2n) is 5.00. The first kappa shape index (κ1) is 13.9. The zero-order chi connectivity index (χ0) is 14.7. The second kappa shape index (κ2) is 5.73. The monoisotopic (exact) mass is 304 g/mol. The van der Waals surface area contributed by atoms with Gasteiger partial charge in [-0.2, -0.15) is 5.10 Å². The minimum Gasteiger partial charge on any atom is -0.463 e. The van der Waals surface area contributed by atoms with Crippen molar-refractivity contribution >= 4 is 21.7 Å². The molecule has 0 spiro atoms. The second-order valence-corrected chi connectivity index (χ2v) is 7.23. The zero-order valence-electron chi connectivity index (χ0n) is 11.4. The molecule has 110 valence electrons. The van der Waals surface area contributed by atoms with Crippen molar-refractivity contribution in [2.45, 2.75) is 12.5 Å². The van der Waals surface area contributed by atoms with Gasteiger partial charge in [-0.05, 0) is 30.7 Å². The van der Waals surface area contributed by atoms with Gasteiger partial charge in [0.2, 0.25) is 0 Å². The first-order valence-corrected chi connectivity index (χ1v) is 8.58. The van der Waals surface area contributed by atoms with E-state index in [4.69, 9.17) is 4.42 Å². The minimum absolute atomic E-state index is 0.136. The van der Waals surface area contributed by atoms with Crippen LogP contribution in [0.5, 0.6) is 0 Å².